The van der Waals surface area contributed by atoms with E-state index in [1.165, 1.54) is 0 Å². The van der Waals surface area contributed by atoms with Crippen molar-refractivity contribution in [1.29, 1.82) is 0 Å². The molecule has 0 bridgehead atoms. The zero-order valence-electron chi connectivity index (χ0n) is 9.80. The highest BCUT2D eigenvalue weighted by molar-refractivity contribution is 6.29. The van der Waals surface area contributed by atoms with E-state index in [2.05, 4.69) is 15.3 Å². The molecule has 5 heteroatoms. The number of amides is 1. The van der Waals surface area contributed by atoms with E-state index < -0.39 is 0 Å². The van der Waals surface area contributed by atoms with Gasteiger partial charge in [-0.3, -0.25) is 9.78 Å². The van der Waals surface area contributed by atoms with E-state index in [1.54, 1.807) is 24.4 Å². The third kappa shape index (κ3) is 3.05. The third-order valence-electron chi connectivity index (χ3n) is 2.43. The van der Waals surface area contributed by atoms with E-state index in [0.717, 1.165) is 5.69 Å². The second-order valence-electron chi connectivity index (χ2n) is 3.80. The van der Waals surface area contributed by atoms with Crippen LogP contribution in [0, 0.1) is 0 Å². The summed E-state index contributed by atoms with van der Waals surface area (Å²) in [7, 11) is 0. The smallest absolute Gasteiger partial charge is 0.270 e. The Bertz CT molecular complexity index is 545. The summed E-state index contributed by atoms with van der Waals surface area (Å²) in [6, 6.07) is 10.3. The van der Waals surface area contributed by atoms with E-state index in [4.69, 9.17) is 11.6 Å². The van der Waals surface area contributed by atoms with Gasteiger partial charge in [0.05, 0.1) is 11.7 Å². The predicted octanol–water partition coefficient (Wildman–Crippen LogP) is 2.62. The van der Waals surface area contributed by atoms with Gasteiger partial charge in [-0.25, -0.2) is 4.98 Å². The zero-order chi connectivity index (χ0) is 13.0. The number of hydrogen-bond donors (Lipinski definition) is 1. The molecule has 92 valence electrons. The molecule has 1 N–H and O–H groups in total. The van der Waals surface area contributed by atoms with Crippen LogP contribution in [-0.2, 0) is 0 Å². The third-order valence-corrected chi connectivity index (χ3v) is 2.64. The monoisotopic (exact) mass is 261 g/mol. The largest absolute Gasteiger partial charge is 0.343 e. The molecule has 1 amide bonds. The van der Waals surface area contributed by atoms with Crippen LogP contribution in [0.5, 0.6) is 0 Å². The molecule has 0 radical (unpaired) electrons. The number of hydrogen-bond acceptors (Lipinski definition) is 3. The summed E-state index contributed by atoms with van der Waals surface area (Å²) in [6.45, 7) is 1.87. The van der Waals surface area contributed by atoms with Gasteiger partial charge in [-0.15, -0.1) is 0 Å². The summed E-state index contributed by atoms with van der Waals surface area (Å²) < 4.78 is 0. The van der Waals surface area contributed by atoms with Crippen molar-refractivity contribution in [3.8, 4) is 0 Å². The number of aromatic nitrogens is 2. The van der Waals surface area contributed by atoms with Gasteiger partial charge in [0, 0.05) is 6.20 Å². The van der Waals surface area contributed by atoms with Crippen molar-refractivity contribution < 1.29 is 4.79 Å². The molecule has 4 nitrogen and oxygen atoms in total. The Morgan fingerprint density at radius 2 is 2.11 bits per heavy atom. The van der Waals surface area contributed by atoms with Gasteiger partial charge in [-0.2, -0.15) is 0 Å². The van der Waals surface area contributed by atoms with Crippen molar-refractivity contribution in [1.82, 2.24) is 15.3 Å². The van der Waals surface area contributed by atoms with Gasteiger partial charge in [0.1, 0.15) is 10.8 Å². The normalized spacial score (nSPS) is 11.9. The van der Waals surface area contributed by atoms with Crippen LogP contribution in [0.4, 0.5) is 0 Å². The maximum atomic E-state index is 11.9. The minimum Gasteiger partial charge on any atom is -0.343 e. The summed E-state index contributed by atoms with van der Waals surface area (Å²) in [5.41, 5.74) is 1.10. The first-order chi connectivity index (χ1) is 8.66. The second kappa shape index (κ2) is 5.60. The zero-order valence-corrected chi connectivity index (χ0v) is 10.6. The van der Waals surface area contributed by atoms with Gasteiger partial charge >= 0.3 is 0 Å². The van der Waals surface area contributed by atoms with Gasteiger partial charge in [-0.1, -0.05) is 23.7 Å². The molecule has 2 aromatic heterocycles. The molecule has 1 atom stereocenters. The van der Waals surface area contributed by atoms with Crippen LogP contribution < -0.4 is 5.32 Å². The van der Waals surface area contributed by atoms with Crippen molar-refractivity contribution in [3.05, 3.63) is 59.1 Å². The van der Waals surface area contributed by atoms with Gasteiger partial charge in [0.2, 0.25) is 0 Å². The average molecular weight is 262 g/mol. The summed E-state index contributed by atoms with van der Waals surface area (Å²) in [4.78, 5) is 20.1. The van der Waals surface area contributed by atoms with E-state index in [-0.39, 0.29) is 11.9 Å². The molecule has 2 heterocycles. The molecule has 0 saturated heterocycles. The van der Waals surface area contributed by atoms with Crippen LogP contribution in [-0.4, -0.2) is 15.9 Å². The lowest BCUT2D eigenvalue weighted by molar-refractivity contribution is 0.0934. The SMILES string of the molecule is CC(NC(=O)c1cccc(Cl)n1)c1ccccn1. The van der Waals surface area contributed by atoms with Crippen molar-refractivity contribution in [2.75, 3.05) is 0 Å². The van der Waals surface area contributed by atoms with E-state index in [1.807, 2.05) is 25.1 Å². The number of halogens is 1. The molecular formula is C13H12ClN3O. The Balaban J connectivity index is 2.08. The Morgan fingerprint density at radius 3 is 2.78 bits per heavy atom. The van der Waals surface area contributed by atoms with Crippen molar-refractivity contribution in [3.63, 3.8) is 0 Å². The van der Waals surface area contributed by atoms with E-state index in [9.17, 15) is 4.79 Å². The van der Waals surface area contributed by atoms with Gasteiger partial charge in [-0.05, 0) is 31.2 Å². The van der Waals surface area contributed by atoms with Gasteiger partial charge in [0.25, 0.3) is 5.91 Å². The molecule has 0 fully saturated rings. The molecular weight excluding hydrogens is 250 g/mol. The first-order valence-electron chi connectivity index (χ1n) is 5.51. The molecule has 0 aliphatic heterocycles. The van der Waals surface area contributed by atoms with E-state index in [0.29, 0.717) is 10.8 Å². The summed E-state index contributed by atoms with van der Waals surface area (Å²) in [6.07, 6.45) is 1.69. The number of pyridine rings is 2. The average Bonchev–Trinajstić information content (AvgIpc) is 2.39. The fourth-order valence-corrected chi connectivity index (χ4v) is 1.68. The topological polar surface area (TPSA) is 54.9 Å². The summed E-state index contributed by atoms with van der Waals surface area (Å²) in [5, 5.41) is 3.12. The first kappa shape index (κ1) is 12.5. The van der Waals surface area contributed by atoms with Crippen LogP contribution in [0.25, 0.3) is 0 Å². The molecule has 2 rings (SSSR count). The highest BCUT2D eigenvalue weighted by Crippen LogP contribution is 2.10. The number of carbonyl (C=O) groups excluding carboxylic acids is 1. The highest BCUT2D eigenvalue weighted by atomic mass is 35.5. The number of carbonyl (C=O) groups is 1. The molecule has 0 aromatic carbocycles. The van der Waals surface area contributed by atoms with Gasteiger partial charge < -0.3 is 5.32 Å². The van der Waals surface area contributed by atoms with E-state index >= 15 is 0 Å². The van der Waals surface area contributed by atoms with Crippen LogP contribution in [0.2, 0.25) is 5.15 Å². The lowest BCUT2D eigenvalue weighted by Gasteiger charge is -2.12. The fourth-order valence-electron chi connectivity index (χ4n) is 1.51. The Hall–Kier alpha value is -1.94. The maximum Gasteiger partial charge on any atom is 0.270 e. The summed E-state index contributed by atoms with van der Waals surface area (Å²) in [5.74, 6) is -0.268. The number of rotatable bonds is 3. The Labute approximate surface area is 110 Å². The lowest BCUT2D eigenvalue weighted by atomic mass is 10.2. The minimum atomic E-state index is -0.268. The summed E-state index contributed by atoms with van der Waals surface area (Å²) >= 11 is 5.74. The van der Waals surface area contributed by atoms with Crippen molar-refractivity contribution in [2.24, 2.45) is 0 Å². The molecule has 2 aromatic rings. The van der Waals surface area contributed by atoms with Crippen LogP contribution >= 0.6 is 11.6 Å². The molecule has 1 unspecified atom stereocenters. The van der Waals surface area contributed by atoms with Crippen LogP contribution in [0.1, 0.15) is 29.1 Å². The first-order valence-corrected chi connectivity index (χ1v) is 5.89. The molecule has 18 heavy (non-hydrogen) atoms. The fraction of sp³-hybridized carbons (Fsp3) is 0.154. The van der Waals surface area contributed by atoms with Crippen LogP contribution in [0.3, 0.4) is 0 Å². The molecule has 0 saturated carbocycles. The standard InChI is InChI=1S/C13H12ClN3O/c1-9(10-5-2-3-8-15-10)16-13(18)11-6-4-7-12(14)17-11/h2-9H,1H3,(H,16,18). The highest BCUT2D eigenvalue weighted by Gasteiger charge is 2.13. The second-order valence-corrected chi connectivity index (χ2v) is 4.18. The van der Waals surface area contributed by atoms with Crippen molar-refractivity contribution in [2.45, 2.75) is 13.0 Å². The Morgan fingerprint density at radius 1 is 1.28 bits per heavy atom. The molecule has 0 aliphatic carbocycles. The minimum absolute atomic E-state index is 0.181. The lowest BCUT2D eigenvalue weighted by Crippen LogP contribution is -2.27. The molecule has 0 aliphatic rings. The number of nitrogens with one attached hydrogen (secondary N) is 1. The Kier molecular flexibility index (Phi) is 3.89. The molecule has 0 spiro atoms. The van der Waals surface area contributed by atoms with Gasteiger partial charge in [0.15, 0.2) is 0 Å². The maximum absolute atomic E-state index is 11.9. The van der Waals surface area contributed by atoms with Crippen LogP contribution in [0.15, 0.2) is 42.6 Å². The number of nitrogens with zero attached hydrogens (tertiary/aromatic N) is 2. The van der Waals surface area contributed by atoms with Crippen molar-refractivity contribution >= 4 is 17.5 Å². The quantitative estimate of drug-likeness (QED) is 0.864. The predicted molar refractivity (Wildman–Crippen MR) is 69.4 cm³/mol.